The lowest BCUT2D eigenvalue weighted by atomic mass is 10.1. The van der Waals surface area contributed by atoms with Crippen molar-refractivity contribution in [3.63, 3.8) is 0 Å². The number of nitrogens with one attached hydrogen (secondary N) is 2. The van der Waals surface area contributed by atoms with Crippen molar-refractivity contribution >= 4 is 43.6 Å². The van der Waals surface area contributed by atoms with Gasteiger partial charge in [-0.3, -0.25) is 4.68 Å². The zero-order valence-corrected chi connectivity index (χ0v) is 35.0. The maximum absolute atomic E-state index is 6.86. The highest BCUT2D eigenvalue weighted by Crippen LogP contribution is 2.43. The molecule has 2 unspecified atom stereocenters. The van der Waals surface area contributed by atoms with Gasteiger partial charge in [-0.25, -0.2) is 9.97 Å². The molecule has 14 heteroatoms. The molecule has 14 nitrogen and oxygen atoms in total. The molecule has 2 atom stereocenters. The van der Waals surface area contributed by atoms with Gasteiger partial charge >= 0.3 is 0 Å². The molecular weight excluding hydrogens is 761 g/mol. The number of ether oxygens (including phenoxy) is 6. The van der Waals surface area contributed by atoms with Crippen LogP contribution >= 0.6 is 0 Å². The van der Waals surface area contributed by atoms with E-state index < -0.39 is 0 Å². The molecule has 4 aliphatic rings. The molecule has 0 amide bonds. The standard InChI is InChI=1S/C46H58N8O6/c1-55-39-25-33-36(27-41(39)57-23-7-20-51-16-3-4-17-51)50-35-10-14-48-45(43(33)35)60-32-12-22-53(30-32)54-37-11-15-49-46(59-31-9-13-47-29-31)44(37)34-26-40(56-2)42(28-38(34)54)58-24-8-21-52-18-5-6-19-52/h10-11,14-15,25-28,31-32,47,50H,3-9,12-13,16-24,29-30H2,1-2H3. The minimum Gasteiger partial charge on any atom is -0.493 e. The molecule has 8 heterocycles. The van der Waals surface area contributed by atoms with Crippen molar-refractivity contribution in [2.45, 2.75) is 63.6 Å². The number of rotatable bonds is 17. The van der Waals surface area contributed by atoms with Crippen LogP contribution < -0.4 is 38.7 Å². The summed E-state index contributed by atoms with van der Waals surface area (Å²) in [5.41, 5.74) is 3.95. The molecule has 6 aromatic rings. The number of pyridine rings is 2. The van der Waals surface area contributed by atoms with Crippen LogP contribution in [0.2, 0.25) is 0 Å². The summed E-state index contributed by atoms with van der Waals surface area (Å²) in [7, 11) is 3.41. The van der Waals surface area contributed by atoms with E-state index in [0.29, 0.717) is 43.0 Å². The first-order valence-electron chi connectivity index (χ1n) is 22.1. The van der Waals surface area contributed by atoms with Crippen LogP contribution in [0.15, 0.2) is 48.8 Å². The lowest BCUT2D eigenvalue weighted by Gasteiger charge is -2.23. The summed E-state index contributed by atoms with van der Waals surface area (Å²) in [5.74, 6) is 4.12. The third kappa shape index (κ3) is 7.80. The van der Waals surface area contributed by atoms with Gasteiger partial charge < -0.3 is 53.5 Å². The third-order valence-electron chi connectivity index (χ3n) is 12.8. The van der Waals surface area contributed by atoms with Gasteiger partial charge in [-0.05, 0) is 102 Å². The monoisotopic (exact) mass is 818 g/mol. The van der Waals surface area contributed by atoms with Crippen molar-refractivity contribution in [3.05, 3.63) is 48.8 Å². The fourth-order valence-corrected chi connectivity index (χ4v) is 9.75. The Morgan fingerprint density at radius 1 is 0.650 bits per heavy atom. The van der Waals surface area contributed by atoms with Crippen LogP contribution in [0.4, 0.5) is 0 Å². The van der Waals surface area contributed by atoms with E-state index in [4.69, 9.17) is 38.4 Å². The number of fused-ring (bicyclic) bond motifs is 6. The molecule has 2 aromatic carbocycles. The van der Waals surface area contributed by atoms with Gasteiger partial charge in [-0.2, -0.15) is 0 Å². The molecule has 10 rings (SSSR count). The van der Waals surface area contributed by atoms with E-state index in [-0.39, 0.29) is 12.2 Å². The van der Waals surface area contributed by atoms with Gasteiger partial charge in [0.05, 0.1) is 66.8 Å². The highest BCUT2D eigenvalue weighted by Gasteiger charge is 2.31. The number of likely N-dealkylation sites (tertiary alicyclic amines) is 2. The second kappa shape index (κ2) is 17.4. The molecule has 4 saturated heterocycles. The number of aromatic amines is 1. The number of nitrogens with zero attached hydrogens (tertiary/aromatic N) is 6. The number of hydrogen-bond acceptors (Lipinski definition) is 12. The number of hydrogen-bond donors (Lipinski definition) is 2. The van der Waals surface area contributed by atoms with E-state index >= 15 is 0 Å². The second-order valence-corrected chi connectivity index (χ2v) is 16.7. The summed E-state index contributed by atoms with van der Waals surface area (Å²) >= 11 is 0. The van der Waals surface area contributed by atoms with Crippen LogP contribution in [0, 0.1) is 0 Å². The molecule has 0 bridgehead atoms. The minimum atomic E-state index is -0.109. The maximum atomic E-state index is 6.86. The van der Waals surface area contributed by atoms with E-state index in [0.717, 1.165) is 114 Å². The highest BCUT2D eigenvalue weighted by molar-refractivity contribution is 6.12. The van der Waals surface area contributed by atoms with E-state index in [2.05, 4.69) is 48.0 Å². The van der Waals surface area contributed by atoms with E-state index in [1.807, 2.05) is 30.6 Å². The molecule has 0 radical (unpaired) electrons. The summed E-state index contributed by atoms with van der Waals surface area (Å²) in [6, 6.07) is 12.4. The first-order valence-corrected chi connectivity index (χ1v) is 22.1. The first-order chi connectivity index (χ1) is 29.6. The van der Waals surface area contributed by atoms with Crippen molar-refractivity contribution < 1.29 is 28.4 Å². The van der Waals surface area contributed by atoms with Crippen LogP contribution in [0.25, 0.3) is 43.6 Å². The van der Waals surface area contributed by atoms with Gasteiger partial charge in [0, 0.05) is 67.9 Å². The molecule has 0 aliphatic carbocycles. The smallest absolute Gasteiger partial charge is 0.223 e. The van der Waals surface area contributed by atoms with Gasteiger partial charge in [0.2, 0.25) is 11.8 Å². The fourth-order valence-electron chi connectivity index (χ4n) is 9.75. The van der Waals surface area contributed by atoms with Crippen molar-refractivity contribution in [3.8, 4) is 34.8 Å². The minimum absolute atomic E-state index is 0.0645. The number of benzene rings is 2. The number of aromatic nitrogens is 4. The Kier molecular flexibility index (Phi) is 11.3. The van der Waals surface area contributed by atoms with Gasteiger partial charge in [0.15, 0.2) is 23.0 Å². The molecule has 4 aromatic heterocycles. The summed E-state index contributed by atoms with van der Waals surface area (Å²) in [4.78, 5) is 18.2. The predicted molar refractivity (Wildman–Crippen MR) is 234 cm³/mol. The summed E-state index contributed by atoms with van der Waals surface area (Å²) in [6.07, 6.45) is 12.5. The van der Waals surface area contributed by atoms with E-state index in [1.54, 1.807) is 14.2 Å². The topological polar surface area (TPSA) is 124 Å². The predicted octanol–water partition coefficient (Wildman–Crippen LogP) is 6.50. The second-order valence-electron chi connectivity index (χ2n) is 16.7. The Bertz CT molecular complexity index is 2430. The Morgan fingerprint density at radius 2 is 1.30 bits per heavy atom. The Morgan fingerprint density at radius 3 is 1.98 bits per heavy atom. The zero-order chi connectivity index (χ0) is 40.4. The molecule has 4 fully saturated rings. The maximum Gasteiger partial charge on any atom is 0.223 e. The van der Waals surface area contributed by atoms with Crippen molar-refractivity contribution in [1.29, 1.82) is 0 Å². The van der Waals surface area contributed by atoms with E-state index in [9.17, 15) is 0 Å². The lowest BCUT2D eigenvalue weighted by molar-refractivity contribution is 0.217. The Labute approximate surface area is 350 Å². The number of methoxy groups -OCH3 is 2. The fraction of sp³-hybridized carbons (Fsp3) is 0.522. The van der Waals surface area contributed by atoms with Gasteiger partial charge in [0.25, 0.3) is 0 Å². The molecule has 0 saturated carbocycles. The van der Waals surface area contributed by atoms with Crippen LogP contribution in [-0.4, -0.2) is 135 Å². The van der Waals surface area contributed by atoms with Crippen LogP contribution in [-0.2, 0) is 0 Å². The Balaban J connectivity index is 0.927. The molecule has 2 N–H and O–H groups in total. The van der Waals surface area contributed by atoms with Crippen molar-refractivity contribution in [1.82, 2.24) is 34.7 Å². The summed E-state index contributed by atoms with van der Waals surface area (Å²) in [5, 5.41) is 9.70. The molecular formula is C46H58N8O6. The highest BCUT2D eigenvalue weighted by atomic mass is 16.5. The summed E-state index contributed by atoms with van der Waals surface area (Å²) < 4.78 is 40.4. The normalized spacial score (nSPS) is 20.1. The summed E-state index contributed by atoms with van der Waals surface area (Å²) in [6.45, 7) is 11.3. The van der Waals surface area contributed by atoms with Crippen LogP contribution in [0.1, 0.15) is 51.4 Å². The Hall–Kier alpha value is -5.18. The van der Waals surface area contributed by atoms with Gasteiger partial charge in [-0.1, -0.05) is 0 Å². The van der Waals surface area contributed by atoms with Gasteiger partial charge in [-0.15, -0.1) is 0 Å². The molecule has 60 heavy (non-hydrogen) atoms. The number of H-pyrrole nitrogens is 1. The van der Waals surface area contributed by atoms with Crippen LogP contribution in [0.5, 0.6) is 34.8 Å². The molecule has 0 spiro atoms. The SMILES string of the molecule is COc1cc2c(cc1OCCCN1CCCC1)[nH]c1ccnc(OC3CCN(n4c5cc(OCCCN6CCCC6)c(OC)cc5c5c(OC6CCNC6)nccc54)C3)c12. The lowest BCUT2D eigenvalue weighted by Crippen LogP contribution is -2.34. The molecule has 318 valence electrons. The van der Waals surface area contributed by atoms with Crippen LogP contribution in [0.3, 0.4) is 0 Å². The van der Waals surface area contributed by atoms with E-state index in [1.165, 1.54) is 51.9 Å². The average molecular weight is 819 g/mol. The van der Waals surface area contributed by atoms with Gasteiger partial charge in [0.1, 0.15) is 12.2 Å². The first kappa shape index (κ1) is 39.0. The van der Waals surface area contributed by atoms with Crippen molar-refractivity contribution in [2.24, 2.45) is 0 Å². The average Bonchev–Trinajstić information content (AvgIpc) is 4.13. The quantitative estimate of drug-likeness (QED) is 0.0978. The largest absolute Gasteiger partial charge is 0.493 e. The van der Waals surface area contributed by atoms with Crippen molar-refractivity contribution in [2.75, 3.05) is 97.9 Å². The molecule has 4 aliphatic heterocycles. The zero-order valence-electron chi connectivity index (χ0n) is 35.0. The third-order valence-corrected chi connectivity index (χ3v) is 12.8.